The molecule has 19 heavy (non-hydrogen) atoms. The quantitative estimate of drug-likeness (QED) is 0.652. The minimum atomic E-state index is -3.12. The van der Waals surface area contributed by atoms with Gasteiger partial charge in [-0.3, -0.25) is 4.90 Å². The van der Waals surface area contributed by atoms with Crippen LogP contribution in [0.2, 0.25) is 0 Å². The molecule has 6 nitrogen and oxygen atoms in total. The van der Waals surface area contributed by atoms with Crippen molar-refractivity contribution in [1.29, 1.82) is 0 Å². The molecule has 0 aromatic rings. The number of rotatable bonds is 6. The fourth-order valence-electron chi connectivity index (χ4n) is 2.78. The molecule has 0 amide bonds. The summed E-state index contributed by atoms with van der Waals surface area (Å²) < 4.78 is 26.1. The normalized spacial score (nSPS) is 26.9. The third kappa shape index (κ3) is 4.39. The molecule has 112 valence electrons. The summed E-state index contributed by atoms with van der Waals surface area (Å²) >= 11 is 0. The van der Waals surface area contributed by atoms with Crippen molar-refractivity contribution < 1.29 is 13.5 Å². The highest BCUT2D eigenvalue weighted by molar-refractivity contribution is 7.89. The summed E-state index contributed by atoms with van der Waals surface area (Å²) in [5, 5.41) is 12.2. The Morgan fingerprint density at radius 1 is 1.21 bits per heavy atom. The van der Waals surface area contributed by atoms with Gasteiger partial charge in [-0.05, 0) is 18.8 Å². The summed E-state index contributed by atoms with van der Waals surface area (Å²) in [5.74, 6) is 0.553. The van der Waals surface area contributed by atoms with E-state index in [9.17, 15) is 8.42 Å². The molecule has 2 rings (SSSR count). The van der Waals surface area contributed by atoms with Crippen LogP contribution in [-0.4, -0.2) is 80.9 Å². The van der Waals surface area contributed by atoms with Crippen molar-refractivity contribution in [2.45, 2.75) is 12.8 Å². The number of nitrogens with zero attached hydrogens (tertiary/aromatic N) is 2. The average Bonchev–Trinajstić information content (AvgIpc) is 2.88. The van der Waals surface area contributed by atoms with Crippen molar-refractivity contribution in [3.63, 3.8) is 0 Å². The molecule has 7 heteroatoms. The monoisotopic (exact) mass is 291 g/mol. The van der Waals surface area contributed by atoms with Crippen LogP contribution in [0.15, 0.2) is 0 Å². The van der Waals surface area contributed by atoms with Gasteiger partial charge < -0.3 is 10.4 Å². The Morgan fingerprint density at radius 2 is 1.95 bits per heavy atom. The van der Waals surface area contributed by atoms with Crippen LogP contribution in [-0.2, 0) is 10.0 Å². The third-order valence-electron chi connectivity index (χ3n) is 4.05. The van der Waals surface area contributed by atoms with Crippen molar-refractivity contribution in [3.8, 4) is 0 Å². The van der Waals surface area contributed by atoms with Crippen LogP contribution in [0.1, 0.15) is 12.8 Å². The van der Waals surface area contributed by atoms with Crippen LogP contribution >= 0.6 is 0 Å². The Bertz CT molecular complexity index is 368. The molecule has 0 radical (unpaired) electrons. The first kappa shape index (κ1) is 15.2. The SMILES string of the molecule is O=S(=O)(CCN1CCNCC1)N1CCC(CCO)C1. The maximum Gasteiger partial charge on any atom is 0.215 e. The van der Waals surface area contributed by atoms with E-state index < -0.39 is 10.0 Å². The number of aliphatic hydroxyl groups excluding tert-OH is 1. The molecule has 0 aromatic heterocycles. The molecule has 0 spiro atoms. The Hall–Kier alpha value is -0.210. The second-order valence-corrected chi connectivity index (χ2v) is 7.52. The van der Waals surface area contributed by atoms with Crippen molar-refractivity contribution in [2.75, 3.05) is 58.2 Å². The van der Waals surface area contributed by atoms with Crippen LogP contribution in [0.3, 0.4) is 0 Å². The van der Waals surface area contributed by atoms with E-state index in [0.717, 1.165) is 32.6 Å². The minimum Gasteiger partial charge on any atom is -0.396 e. The second-order valence-electron chi connectivity index (χ2n) is 5.43. The van der Waals surface area contributed by atoms with Gasteiger partial charge in [0.2, 0.25) is 10.0 Å². The lowest BCUT2D eigenvalue weighted by atomic mass is 10.1. The molecule has 2 fully saturated rings. The van der Waals surface area contributed by atoms with E-state index in [-0.39, 0.29) is 12.4 Å². The van der Waals surface area contributed by atoms with Gasteiger partial charge in [0.05, 0.1) is 5.75 Å². The maximum absolute atomic E-state index is 12.2. The molecule has 0 aliphatic carbocycles. The van der Waals surface area contributed by atoms with E-state index in [0.29, 0.717) is 32.0 Å². The zero-order valence-electron chi connectivity index (χ0n) is 11.4. The van der Waals surface area contributed by atoms with E-state index in [1.54, 1.807) is 4.31 Å². The van der Waals surface area contributed by atoms with Gasteiger partial charge in [0.15, 0.2) is 0 Å². The van der Waals surface area contributed by atoms with E-state index in [4.69, 9.17) is 5.11 Å². The molecular weight excluding hydrogens is 266 g/mol. The Labute approximate surface area is 115 Å². The van der Waals surface area contributed by atoms with Crippen molar-refractivity contribution >= 4 is 10.0 Å². The van der Waals surface area contributed by atoms with Crippen LogP contribution in [0.5, 0.6) is 0 Å². The standard InChI is InChI=1S/C12H25N3O3S/c16-9-2-12-1-5-15(11-12)19(17,18)10-8-14-6-3-13-4-7-14/h12-13,16H,1-11H2. The van der Waals surface area contributed by atoms with Gasteiger partial charge >= 0.3 is 0 Å². The Balaban J connectivity index is 1.78. The fourth-order valence-corrected chi connectivity index (χ4v) is 4.34. The van der Waals surface area contributed by atoms with Gasteiger partial charge in [0, 0.05) is 52.4 Å². The summed E-state index contributed by atoms with van der Waals surface area (Å²) in [6, 6.07) is 0. The molecule has 2 heterocycles. The lowest BCUT2D eigenvalue weighted by molar-refractivity contribution is 0.252. The predicted octanol–water partition coefficient (Wildman–Crippen LogP) is -1.07. The van der Waals surface area contributed by atoms with Crippen LogP contribution in [0.25, 0.3) is 0 Å². The summed E-state index contributed by atoms with van der Waals surface area (Å²) in [6.07, 6.45) is 1.59. The smallest absolute Gasteiger partial charge is 0.215 e. The second kappa shape index (κ2) is 6.99. The van der Waals surface area contributed by atoms with Crippen LogP contribution in [0, 0.1) is 5.92 Å². The number of piperazine rings is 1. The highest BCUT2D eigenvalue weighted by Crippen LogP contribution is 2.22. The summed E-state index contributed by atoms with van der Waals surface area (Å²) in [7, 11) is -3.12. The van der Waals surface area contributed by atoms with Crippen LogP contribution in [0.4, 0.5) is 0 Å². The van der Waals surface area contributed by atoms with Gasteiger partial charge in [-0.25, -0.2) is 12.7 Å². The lowest BCUT2D eigenvalue weighted by Gasteiger charge is -2.27. The minimum absolute atomic E-state index is 0.152. The molecule has 1 atom stereocenters. The largest absolute Gasteiger partial charge is 0.396 e. The zero-order chi connectivity index (χ0) is 13.7. The average molecular weight is 291 g/mol. The summed E-state index contributed by atoms with van der Waals surface area (Å²) in [5.41, 5.74) is 0. The van der Waals surface area contributed by atoms with E-state index in [1.807, 2.05) is 0 Å². The third-order valence-corrected chi connectivity index (χ3v) is 5.87. The van der Waals surface area contributed by atoms with Gasteiger partial charge in [-0.15, -0.1) is 0 Å². The van der Waals surface area contributed by atoms with Crippen molar-refractivity contribution in [3.05, 3.63) is 0 Å². The predicted molar refractivity (Wildman–Crippen MR) is 74.5 cm³/mol. The highest BCUT2D eigenvalue weighted by atomic mass is 32.2. The van der Waals surface area contributed by atoms with Gasteiger partial charge in [0.25, 0.3) is 0 Å². The molecule has 2 N–H and O–H groups in total. The molecule has 0 saturated carbocycles. The molecule has 0 bridgehead atoms. The molecule has 0 aromatic carbocycles. The topological polar surface area (TPSA) is 72.9 Å². The number of hydrogen-bond acceptors (Lipinski definition) is 5. The van der Waals surface area contributed by atoms with Gasteiger partial charge in [-0.2, -0.15) is 0 Å². The van der Waals surface area contributed by atoms with E-state index >= 15 is 0 Å². The fraction of sp³-hybridized carbons (Fsp3) is 1.00. The van der Waals surface area contributed by atoms with Crippen molar-refractivity contribution in [1.82, 2.24) is 14.5 Å². The van der Waals surface area contributed by atoms with E-state index in [1.165, 1.54) is 0 Å². The maximum atomic E-state index is 12.2. The zero-order valence-corrected chi connectivity index (χ0v) is 12.2. The van der Waals surface area contributed by atoms with Gasteiger partial charge in [0.1, 0.15) is 0 Å². The lowest BCUT2D eigenvalue weighted by Crippen LogP contribution is -2.46. The molecular formula is C12H25N3O3S. The Morgan fingerprint density at radius 3 is 2.63 bits per heavy atom. The van der Waals surface area contributed by atoms with Crippen molar-refractivity contribution in [2.24, 2.45) is 5.92 Å². The van der Waals surface area contributed by atoms with Crippen LogP contribution < -0.4 is 5.32 Å². The molecule has 2 aliphatic rings. The summed E-state index contributed by atoms with van der Waals surface area (Å²) in [4.78, 5) is 2.20. The molecule has 2 aliphatic heterocycles. The number of nitrogens with one attached hydrogen (secondary N) is 1. The van der Waals surface area contributed by atoms with E-state index in [2.05, 4.69) is 10.2 Å². The number of hydrogen-bond donors (Lipinski definition) is 2. The first-order chi connectivity index (χ1) is 9.12. The molecule has 1 unspecified atom stereocenters. The first-order valence-electron chi connectivity index (χ1n) is 7.13. The first-order valence-corrected chi connectivity index (χ1v) is 8.74. The van der Waals surface area contributed by atoms with Gasteiger partial charge in [-0.1, -0.05) is 0 Å². The summed E-state index contributed by atoms with van der Waals surface area (Å²) in [6.45, 7) is 5.75. The molecule has 2 saturated heterocycles. The highest BCUT2D eigenvalue weighted by Gasteiger charge is 2.31. The number of aliphatic hydroxyl groups is 1. The Kier molecular flexibility index (Phi) is 5.58. The number of sulfonamides is 1.